The molecule has 2 aromatic heterocycles. The van der Waals surface area contributed by atoms with E-state index in [0.717, 1.165) is 10.9 Å². The second-order valence-electron chi connectivity index (χ2n) is 5.53. The lowest BCUT2D eigenvalue weighted by atomic mass is 10.2. The molecule has 0 bridgehead atoms. The Balaban J connectivity index is 1.51. The van der Waals surface area contributed by atoms with Crippen LogP contribution in [-0.2, 0) is 6.11 Å². The molecule has 0 aliphatic rings. The van der Waals surface area contributed by atoms with Crippen molar-refractivity contribution in [2.45, 2.75) is 6.11 Å². The van der Waals surface area contributed by atoms with Crippen LogP contribution in [0.3, 0.4) is 0 Å². The molecule has 0 radical (unpaired) electrons. The number of halogens is 2. The number of anilines is 2. The lowest BCUT2D eigenvalue weighted by Gasteiger charge is -2.18. The molecule has 0 saturated carbocycles. The third kappa shape index (κ3) is 3.34. The van der Waals surface area contributed by atoms with Crippen molar-refractivity contribution in [3.8, 4) is 5.75 Å². The highest BCUT2D eigenvalue weighted by molar-refractivity contribution is 7.09. The minimum atomic E-state index is -3.40. The fourth-order valence-electron chi connectivity index (χ4n) is 2.47. The maximum Gasteiger partial charge on any atom is 0.426 e. The van der Waals surface area contributed by atoms with E-state index >= 15 is 0 Å². The molecule has 0 atom stereocenters. The smallest absolute Gasteiger partial charge is 0.426 e. The Morgan fingerprint density at radius 3 is 2.46 bits per heavy atom. The zero-order valence-corrected chi connectivity index (χ0v) is 14.2. The van der Waals surface area contributed by atoms with E-state index in [-0.39, 0.29) is 11.3 Å². The van der Waals surface area contributed by atoms with Gasteiger partial charge in [-0.3, -0.25) is 0 Å². The van der Waals surface area contributed by atoms with Gasteiger partial charge in [0.15, 0.2) is 0 Å². The fourth-order valence-corrected chi connectivity index (χ4v) is 3.22. The van der Waals surface area contributed by atoms with E-state index in [1.807, 2.05) is 10.8 Å². The van der Waals surface area contributed by atoms with Gasteiger partial charge in [0.05, 0.1) is 16.5 Å². The molecule has 0 aliphatic carbocycles. The van der Waals surface area contributed by atoms with Crippen LogP contribution in [0, 0.1) is 0 Å². The summed E-state index contributed by atoms with van der Waals surface area (Å²) in [5.74, 6) is 0.743. The molecule has 0 amide bonds. The van der Waals surface area contributed by atoms with E-state index in [1.54, 1.807) is 30.3 Å². The number of benzene rings is 2. The highest BCUT2D eigenvalue weighted by Crippen LogP contribution is 2.32. The second-order valence-corrected chi connectivity index (χ2v) is 6.27. The first-order chi connectivity index (χ1) is 12.6. The second kappa shape index (κ2) is 6.68. The molecule has 0 saturated heterocycles. The molecule has 26 heavy (non-hydrogen) atoms. The molecule has 1 N–H and O–H groups in total. The summed E-state index contributed by atoms with van der Waals surface area (Å²) in [6.45, 7) is 0. The highest BCUT2D eigenvalue weighted by Gasteiger charge is 2.34. The minimum Gasteiger partial charge on any atom is -0.429 e. The minimum absolute atomic E-state index is 0.0766. The van der Waals surface area contributed by atoms with Gasteiger partial charge in [-0.05, 0) is 36.4 Å². The number of hydrogen-bond acceptors (Lipinski definition) is 5. The van der Waals surface area contributed by atoms with Gasteiger partial charge in [0.1, 0.15) is 17.9 Å². The molecule has 4 aromatic rings. The Hall–Kier alpha value is -3.06. The van der Waals surface area contributed by atoms with Crippen molar-refractivity contribution in [1.29, 1.82) is 0 Å². The Morgan fingerprint density at radius 2 is 1.69 bits per heavy atom. The maximum absolute atomic E-state index is 14.2. The summed E-state index contributed by atoms with van der Waals surface area (Å²) in [6.07, 6.45) is -1.92. The number of alkyl halides is 2. The van der Waals surface area contributed by atoms with Crippen LogP contribution >= 0.6 is 11.3 Å². The molecule has 0 aliphatic heterocycles. The van der Waals surface area contributed by atoms with Crippen molar-refractivity contribution >= 4 is 33.7 Å². The van der Waals surface area contributed by atoms with Crippen LogP contribution in [0.5, 0.6) is 5.75 Å². The molecule has 130 valence electrons. The summed E-state index contributed by atoms with van der Waals surface area (Å²) >= 11 is 1.54. The molecule has 0 fully saturated rings. The number of aromatic nitrogens is 2. The molecular weight excluding hydrogens is 356 g/mol. The van der Waals surface area contributed by atoms with Crippen molar-refractivity contribution in [2.75, 3.05) is 5.32 Å². The van der Waals surface area contributed by atoms with Crippen molar-refractivity contribution in [1.82, 2.24) is 9.97 Å². The third-order valence-corrected chi connectivity index (χ3v) is 4.48. The summed E-state index contributed by atoms with van der Waals surface area (Å²) in [6, 6.07) is 13.7. The van der Waals surface area contributed by atoms with Gasteiger partial charge in [-0.25, -0.2) is 9.97 Å². The van der Waals surface area contributed by atoms with Gasteiger partial charge in [-0.1, -0.05) is 18.2 Å². The first-order valence-electron chi connectivity index (χ1n) is 7.78. The molecule has 2 heterocycles. The number of nitrogens with zero attached hydrogens (tertiary/aromatic N) is 2. The zero-order valence-electron chi connectivity index (χ0n) is 13.4. The van der Waals surface area contributed by atoms with Crippen LogP contribution in [-0.4, -0.2) is 9.97 Å². The van der Waals surface area contributed by atoms with Gasteiger partial charge in [-0.2, -0.15) is 8.78 Å². The Morgan fingerprint density at radius 1 is 0.923 bits per heavy atom. The van der Waals surface area contributed by atoms with Crippen molar-refractivity contribution in [3.05, 3.63) is 77.2 Å². The van der Waals surface area contributed by atoms with Crippen molar-refractivity contribution in [2.24, 2.45) is 0 Å². The number of nitrogens with one attached hydrogen (secondary N) is 1. The molecule has 4 nitrogen and oxygen atoms in total. The topological polar surface area (TPSA) is 47.0 Å². The Kier molecular flexibility index (Phi) is 4.22. The van der Waals surface area contributed by atoms with Crippen LogP contribution in [0.25, 0.3) is 10.9 Å². The lowest BCUT2D eigenvalue weighted by molar-refractivity contribution is -0.185. The van der Waals surface area contributed by atoms with Gasteiger partial charge in [0.2, 0.25) is 0 Å². The maximum atomic E-state index is 14.2. The summed E-state index contributed by atoms with van der Waals surface area (Å²) < 4.78 is 33.2. The van der Waals surface area contributed by atoms with Crippen molar-refractivity contribution in [3.63, 3.8) is 0 Å². The number of hydrogen-bond donors (Lipinski definition) is 1. The van der Waals surface area contributed by atoms with Crippen LogP contribution in [0.15, 0.2) is 71.7 Å². The average Bonchev–Trinajstić information content (AvgIpc) is 3.14. The predicted molar refractivity (Wildman–Crippen MR) is 98.1 cm³/mol. The fraction of sp³-hybridized carbons (Fsp3) is 0.0526. The number of rotatable bonds is 5. The molecule has 4 rings (SSSR count). The Labute approximate surface area is 152 Å². The standard InChI is InChI=1S/C19H13F2N3OS/c20-19(21,13-4-2-1-3-5-13)25-15-8-6-14(7-9-15)24-18-16-10-26-11-17(16)22-12-23-18/h1-12H,(H,22,23,24). The number of thiophene rings is 1. The summed E-state index contributed by atoms with van der Waals surface area (Å²) in [7, 11) is 0. The van der Waals surface area contributed by atoms with E-state index in [0.29, 0.717) is 11.5 Å². The summed E-state index contributed by atoms with van der Waals surface area (Å²) in [4.78, 5) is 8.41. The number of fused-ring (bicyclic) bond motifs is 1. The monoisotopic (exact) mass is 369 g/mol. The van der Waals surface area contributed by atoms with Crippen LogP contribution < -0.4 is 10.1 Å². The van der Waals surface area contributed by atoms with Gasteiger partial charge in [-0.15, -0.1) is 11.3 Å². The molecule has 2 aromatic carbocycles. The lowest BCUT2D eigenvalue weighted by Crippen LogP contribution is -2.21. The van der Waals surface area contributed by atoms with Crippen LogP contribution in [0.4, 0.5) is 20.3 Å². The van der Waals surface area contributed by atoms with Gasteiger partial charge < -0.3 is 10.1 Å². The molecular formula is C19H13F2N3OS. The average molecular weight is 369 g/mol. The van der Waals surface area contributed by atoms with E-state index < -0.39 is 6.11 Å². The molecule has 0 unspecified atom stereocenters. The quantitative estimate of drug-likeness (QED) is 0.500. The van der Waals surface area contributed by atoms with E-state index in [2.05, 4.69) is 15.3 Å². The molecule has 7 heteroatoms. The highest BCUT2D eigenvalue weighted by atomic mass is 32.1. The first kappa shape index (κ1) is 16.4. The number of ether oxygens (including phenoxy) is 1. The first-order valence-corrected chi connectivity index (χ1v) is 8.72. The van der Waals surface area contributed by atoms with Gasteiger partial charge in [0.25, 0.3) is 0 Å². The van der Waals surface area contributed by atoms with E-state index in [4.69, 9.17) is 4.74 Å². The normalized spacial score (nSPS) is 11.5. The zero-order chi connectivity index (χ0) is 18.0. The summed E-state index contributed by atoms with van der Waals surface area (Å²) in [5, 5.41) is 7.97. The van der Waals surface area contributed by atoms with Crippen molar-refractivity contribution < 1.29 is 13.5 Å². The summed E-state index contributed by atoms with van der Waals surface area (Å²) in [5.41, 5.74) is 1.38. The SMILES string of the molecule is FC(F)(Oc1ccc(Nc2ncnc3cscc23)cc1)c1ccccc1. The van der Waals surface area contributed by atoms with E-state index in [9.17, 15) is 8.78 Å². The van der Waals surface area contributed by atoms with Crippen LogP contribution in [0.1, 0.15) is 5.56 Å². The van der Waals surface area contributed by atoms with E-state index in [1.165, 1.54) is 41.9 Å². The Bertz CT molecular complexity index is 1020. The van der Waals surface area contributed by atoms with Gasteiger partial charge >= 0.3 is 6.11 Å². The molecule has 0 spiro atoms. The van der Waals surface area contributed by atoms with Crippen LogP contribution in [0.2, 0.25) is 0 Å². The predicted octanol–water partition coefficient (Wildman–Crippen LogP) is 5.56. The van der Waals surface area contributed by atoms with Gasteiger partial charge in [0, 0.05) is 16.4 Å². The third-order valence-electron chi connectivity index (χ3n) is 3.75. The largest absolute Gasteiger partial charge is 0.429 e.